The summed E-state index contributed by atoms with van der Waals surface area (Å²) in [6.07, 6.45) is 3.13. The highest BCUT2D eigenvalue weighted by molar-refractivity contribution is 5.80. The molecule has 2 aliphatic rings. The summed E-state index contributed by atoms with van der Waals surface area (Å²) in [5, 5.41) is 3.29. The predicted molar refractivity (Wildman–Crippen MR) is 60.8 cm³/mol. The van der Waals surface area contributed by atoms with Crippen LogP contribution in [0.1, 0.15) is 26.2 Å². The highest BCUT2D eigenvalue weighted by atomic mass is 16.1. The molecule has 0 aromatic carbocycles. The Morgan fingerprint density at radius 3 is 2.93 bits per heavy atom. The van der Waals surface area contributed by atoms with Gasteiger partial charge in [0.1, 0.15) is 5.78 Å². The highest BCUT2D eigenvalue weighted by Gasteiger charge is 2.22. The molecule has 0 aliphatic carbocycles. The third kappa shape index (κ3) is 3.28. The molecule has 0 spiro atoms. The maximum atomic E-state index is 11.5. The second-order valence-electron chi connectivity index (χ2n) is 5.23. The quantitative estimate of drug-likeness (QED) is 0.751. The molecule has 0 aromatic rings. The number of nitrogens with zero attached hydrogens (tertiary/aromatic N) is 1. The lowest BCUT2D eigenvalue weighted by Gasteiger charge is -2.30. The number of Topliss-reactive ketones (excluding diaryl/α,β-unsaturated/α-hetero) is 1. The third-order valence-corrected chi connectivity index (χ3v) is 3.61. The van der Waals surface area contributed by atoms with Crippen LogP contribution < -0.4 is 5.32 Å². The van der Waals surface area contributed by atoms with E-state index in [4.69, 9.17) is 0 Å². The molecular weight excluding hydrogens is 188 g/mol. The van der Waals surface area contributed by atoms with E-state index in [2.05, 4.69) is 17.1 Å². The first kappa shape index (κ1) is 11.1. The van der Waals surface area contributed by atoms with Crippen molar-refractivity contribution in [3.05, 3.63) is 0 Å². The van der Waals surface area contributed by atoms with Crippen LogP contribution in [0, 0.1) is 11.8 Å². The lowest BCUT2D eigenvalue weighted by molar-refractivity contribution is -0.119. The average molecular weight is 210 g/mol. The Balaban J connectivity index is 1.75. The predicted octanol–water partition coefficient (Wildman–Crippen LogP) is 0.897. The largest absolute Gasteiger partial charge is 0.316 e. The molecule has 2 rings (SSSR count). The summed E-state index contributed by atoms with van der Waals surface area (Å²) in [6, 6.07) is 0. The van der Waals surface area contributed by atoms with Crippen molar-refractivity contribution in [3.8, 4) is 0 Å². The Hall–Kier alpha value is -0.410. The molecule has 1 unspecified atom stereocenters. The van der Waals surface area contributed by atoms with E-state index < -0.39 is 0 Å². The molecule has 0 saturated carbocycles. The van der Waals surface area contributed by atoms with E-state index in [9.17, 15) is 4.79 Å². The van der Waals surface area contributed by atoms with E-state index in [0.717, 1.165) is 31.8 Å². The van der Waals surface area contributed by atoms with Crippen LogP contribution >= 0.6 is 0 Å². The fourth-order valence-electron chi connectivity index (χ4n) is 2.42. The Bertz CT molecular complexity index is 226. The van der Waals surface area contributed by atoms with Crippen molar-refractivity contribution >= 4 is 5.78 Å². The number of likely N-dealkylation sites (tertiary alicyclic amines) is 1. The molecule has 0 bridgehead atoms. The SMILES string of the molecule is CC1CCC(=O)CN(CCC2CNC2)C1. The van der Waals surface area contributed by atoms with E-state index in [-0.39, 0.29) is 0 Å². The maximum absolute atomic E-state index is 11.5. The van der Waals surface area contributed by atoms with Gasteiger partial charge < -0.3 is 5.32 Å². The van der Waals surface area contributed by atoms with Gasteiger partial charge in [-0.05, 0) is 44.3 Å². The Kier molecular flexibility index (Phi) is 3.76. The monoisotopic (exact) mass is 210 g/mol. The van der Waals surface area contributed by atoms with E-state index in [0.29, 0.717) is 18.2 Å². The van der Waals surface area contributed by atoms with Gasteiger partial charge in [0.05, 0.1) is 6.54 Å². The first-order valence-electron chi connectivity index (χ1n) is 6.19. The van der Waals surface area contributed by atoms with Crippen molar-refractivity contribution in [2.24, 2.45) is 11.8 Å². The van der Waals surface area contributed by atoms with Crippen LogP contribution in [-0.2, 0) is 4.79 Å². The first-order chi connectivity index (χ1) is 7.24. The van der Waals surface area contributed by atoms with Gasteiger partial charge in [0.15, 0.2) is 0 Å². The Labute approximate surface area is 92.2 Å². The molecule has 0 aromatic heterocycles. The van der Waals surface area contributed by atoms with E-state index >= 15 is 0 Å². The second-order valence-corrected chi connectivity index (χ2v) is 5.23. The summed E-state index contributed by atoms with van der Waals surface area (Å²) < 4.78 is 0. The molecule has 2 aliphatic heterocycles. The van der Waals surface area contributed by atoms with Crippen molar-refractivity contribution in [2.45, 2.75) is 26.2 Å². The molecule has 1 N–H and O–H groups in total. The normalized spacial score (nSPS) is 29.9. The van der Waals surface area contributed by atoms with Crippen LogP contribution in [0.15, 0.2) is 0 Å². The molecule has 86 valence electrons. The number of ketones is 1. The molecule has 3 nitrogen and oxygen atoms in total. The number of hydrogen-bond acceptors (Lipinski definition) is 3. The molecule has 1 atom stereocenters. The van der Waals surface area contributed by atoms with Gasteiger partial charge in [-0.15, -0.1) is 0 Å². The molecule has 3 heteroatoms. The summed E-state index contributed by atoms with van der Waals surface area (Å²) in [5.74, 6) is 1.99. The minimum absolute atomic E-state index is 0.436. The summed E-state index contributed by atoms with van der Waals surface area (Å²) in [5.41, 5.74) is 0. The lowest BCUT2D eigenvalue weighted by Crippen LogP contribution is -2.44. The number of carbonyl (C=O) groups excluding carboxylic acids is 1. The van der Waals surface area contributed by atoms with Crippen LogP contribution in [0.4, 0.5) is 0 Å². The Morgan fingerprint density at radius 1 is 1.47 bits per heavy atom. The zero-order valence-electron chi connectivity index (χ0n) is 9.67. The van der Waals surface area contributed by atoms with E-state index in [1.54, 1.807) is 0 Å². The summed E-state index contributed by atoms with van der Waals surface area (Å²) in [7, 11) is 0. The average Bonchev–Trinajstić information content (AvgIpc) is 2.26. The number of rotatable bonds is 3. The van der Waals surface area contributed by atoms with Gasteiger partial charge >= 0.3 is 0 Å². The number of carbonyl (C=O) groups is 1. The van der Waals surface area contributed by atoms with Gasteiger partial charge in [0.2, 0.25) is 0 Å². The molecule has 0 amide bonds. The van der Waals surface area contributed by atoms with Crippen LogP contribution in [0.3, 0.4) is 0 Å². The highest BCUT2D eigenvalue weighted by Crippen LogP contribution is 2.16. The zero-order valence-corrected chi connectivity index (χ0v) is 9.67. The topological polar surface area (TPSA) is 32.3 Å². The van der Waals surface area contributed by atoms with Crippen molar-refractivity contribution in [1.82, 2.24) is 10.2 Å². The maximum Gasteiger partial charge on any atom is 0.146 e. The lowest BCUT2D eigenvalue weighted by atomic mass is 9.99. The van der Waals surface area contributed by atoms with Crippen molar-refractivity contribution < 1.29 is 4.79 Å². The zero-order chi connectivity index (χ0) is 10.7. The van der Waals surface area contributed by atoms with Gasteiger partial charge in [0.25, 0.3) is 0 Å². The first-order valence-corrected chi connectivity index (χ1v) is 6.19. The summed E-state index contributed by atoms with van der Waals surface area (Å²) >= 11 is 0. The van der Waals surface area contributed by atoms with Crippen molar-refractivity contribution in [3.63, 3.8) is 0 Å². The standard InChI is InChI=1S/C12H22N2O/c1-10-2-3-12(15)9-14(8-10)5-4-11-6-13-7-11/h10-11,13H,2-9H2,1H3. The van der Waals surface area contributed by atoms with Gasteiger partial charge in [-0.1, -0.05) is 6.92 Å². The van der Waals surface area contributed by atoms with Gasteiger partial charge in [-0.2, -0.15) is 0 Å². The molecule has 0 radical (unpaired) electrons. The number of hydrogen-bond donors (Lipinski definition) is 1. The van der Waals surface area contributed by atoms with E-state index in [1.165, 1.54) is 19.5 Å². The molecule has 15 heavy (non-hydrogen) atoms. The second kappa shape index (κ2) is 5.08. The smallest absolute Gasteiger partial charge is 0.146 e. The van der Waals surface area contributed by atoms with Crippen LogP contribution in [0.5, 0.6) is 0 Å². The summed E-state index contributed by atoms with van der Waals surface area (Å²) in [4.78, 5) is 13.9. The van der Waals surface area contributed by atoms with Crippen LogP contribution in [0.2, 0.25) is 0 Å². The van der Waals surface area contributed by atoms with Crippen LogP contribution in [-0.4, -0.2) is 43.4 Å². The minimum Gasteiger partial charge on any atom is -0.316 e. The minimum atomic E-state index is 0.436. The fourth-order valence-corrected chi connectivity index (χ4v) is 2.42. The van der Waals surface area contributed by atoms with Gasteiger partial charge in [0, 0.05) is 13.0 Å². The van der Waals surface area contributed by atoms with Crippen molar-refractivity contribution in [2.75, 3.05) is 32.7 Å². The molecule has 2 heterocycles. The third-order valence-electron chi connectivity index (χ3n) is 3.61. The fraction of sp³-hybridized carbons (Fsp3) is 0.917. The van der Waals surface area contributed by atoms with Crippen LogP contribution in [0.25, 0.3) is 0 Å². The summed E-state index contributed by atoms with van der Waals surface area (Å²) in [6.45, 7) is 7.55. The molecular formula is C12H22N2O. The molecule has 2 fully saturated rings. The van der Waals surface area contributed by atoms with Gasteiger partial charge in [-0.25, -0.2) is 0 Å². The number of nitrogens with one attached hydrogen (secondary N) is 1. The van der Waals surface area contributed by atoms with Gasteiger partial charge in [-0.3, -0.25) is 9.69 Å². The molecule has 2 saturated heterocycles. The van der Waals surface area contributed by atoms with E-state index in [1.807, 2.05) is 0 Å². The van der Waals surface area contributed by atoms with Crippen molar-refractivity contribution in [1.29, 1.82) is 0 Å². The Morgan fingerprint density at radius 2 is 2.27 bits per heavy atom.